The lowest BCUT2D eigenvalue weighted by Crippen LogP contribution is -2.30. The lowest BCUT2D eigenvalue weighted by atomic mass is 10.3. The largest absolute Gasteiger partial charge is 0.333 e. The fraction of sp³-hybridized carbons (Fsp3) is 0.312. The summed E-state index contributed by atoms with van der Waals surface area (Å²) in [6, 6.07) is 9.67. The Balaban J connectivity index is 1.95. The molecule has 0 bridgehead atoms. The number of carbonyl (C=O) groups is 1. The van der Waals surface area contributed by atoms with Gasteiger partial charge in [-0.05, 0) is 36.4 Å². The van der Waals surface area contributed by atoms with E-state index in [0.29, 0.717) is 23.8 Å². The lowest BCUT2D eigenvalue weighted by Gasteiger charge is -2.16. The maximum absolute atomic E-state index is 12.4. The summed E-state index contributed by atoms with van der Waals surface area (Å²) in [6.45, 7) is 4.70. The molecule has 2 N–H and O–H groups in total. The molecule has 1 aromatic carbocycles. The van der Waals surface area contributed by atoms with Crippen LogP contribution in [-0.4, -0.2) is 31.8 Å². The molecular weight excluding hydrogens is 382 g/mol. The quantitative estimate of drug-likeness (QED) is 0.741. The second-order valence-electron chi connectivity index (χ2n) is 5.12. The molecule has 2 rings (SSSR count). The molecule has 25 heavy (non-hydrogen) atoms. The number of benzene rings is 1. The molecule has 0 atom stereocenters. The zero-order valence-electron chi connectivity index (χ0n) is 14.0. The third-order valence-electron chi connectivity index (χ3n) is 3.46. The molecule has 0 radical (unpaired) electrons. The minimum Gasteiger partial charge on any atom is -0.333 e. The molecule has 2 amide bonds. The summed E-state index contributed by atoms with van der Waals surface area (Å²) in [7, 11) is -3.46. The third kappa shape index (κ3) is 5.18. The second kappa shape index (κ2) is 8.66. The Labute approximate surface area is 156 Å². The van der Waals surface area contributed by atoms with Gasteiger partial charge in [-0.2, -0.15) is 4.31 Å². The Bertz CT molecular complexity index is 815. The standard InChI is InChI=1S/C16H20ClN3O3S2/c1-3-20(4-2)25(22,23)15-10-9-14(24-15)11-18-16(21)19-13-7-5-12(17)6-8-13/h5-10H,3-4,11H2,1-2H3,(H2,18,19,21). The number of urea groups is 1. The zero-order valence-corrected chi connectivity index (χ0v) is 16.3. The first kappa shape index (κ1) is 19.7. The van der Waals surface area contributed by atoms with Crippen LogP contribution in [0, 0.1) is 0 Å². The predicted molar refractivity (Wildman–Crippen MR) is 102 cm³/mol. The molecule has 0 fully saturated rings. The van der Waals surface area contributed by atoms with Crippen molar-refractivity contribution in [3.63, 3.8) is 0 Å². The molecule has 0 aliphatic carbocycles. The molecule has 1 heterocycles. The van der Waals surface area contributed by atoms with Crippen molar-refractivity contribution in [2.75, 3.05) is 18.4 Å². The van der Waals surface area contributed by atoms with E-state index < -0.39 is 10.0 Å². The van der Waals surface area contributed by atoms with Gasteiger partial charge in [-0.1, -0.05) is 25.4 Å². The first-order valence-corrected chi connectivity index (χ1v) is 10.4. The Morgan fingerprint density at radius 2 is 1.76 bits per heavy atom. The zero-order chi connectivity index (χ0) is 18.4. The highest BCUT2D eigenvalue weighted by Crippen LogP contribution is 2.24. The van der Waals surface area contributed by atoms with Gasteiger partial charge < -0.3 is 10.6 Å². The first-order chi connectivity index (χ1) is 11.9. The molecule has 0 spiro atoms. The van der Waals surface area contributed by atoms with Crippen LogP contribution in [0.1, 0.15) is 18.7 Å². The summed E-state index contributed by atoms with van der Waals surface area (Å²) < 4.78 is 26.6. The Morgan fingerprint density at radius 3 is 2.36 bits per heavy atom. The number of thiophene rings is 1. The second-order valence-corrected chi connectivity index (χ2v) is 8.89. The number of halogens is 1. The number of hydrogen-bond donors (Lipinski definition) is 2. The van der Waals surface area contributed by atoms with Crippen molar-refractivity contribution in [3.8, 4) is 0 Å². The van der Waals surface area contributed by atoms with Gasteiger partial charge in [0.15, 0.2) is 0 Å². The van der Waals surface area contributed by atoms with Gasteiger partial charge in [0, 0.05) is 28.7 Å². The average molecular weight is 402 g/mol. The van der Waals surface area contributed by atoms with E-state index in [1.54, 1.807) is 50.2 Å². The molecular formula is C16H20ClN3O3S2. The van der Waals surface area contributed by atoms with E-state index >= 15 is 0 Å². The Kier molecular flexibility index (Phi) is 6.83. The SMILES string of the molecule is CCN(CC)S(=O)(=O)c1ccc(CNC(=O)Nc2ccc(Cl)cc2)s1. The topological polar surface area (TPSA) is 78.5 Å². The van der Waals surface area contributed by atoms with Crippen LogP contribution in [0.3, 0.4) is 0 Å². The fourth-order valence-electron chi connectivity index (χ4n) is 2.16. The molecule has 6 nitrogen and oxygen atoms in total. The number of anilines is 1. The minimum absolute atomic E-state index is 0.248. The fourth-order valence-corrected chi connectivity index (χ4v) is 5.19. The Hall–Kier alpha value is -1.61. The molecule has 0 aliphatic heterocycles. The summed E-state index contributed by atoms with van der Waals surface area (Å²) in [6.07, 6.45) is 0. The van der Waals surface area contributed by atoms with Gasteiger partial charge in [-0.15, -0.1) is 11.3 Å². The Morgan fingerprint density at radius 1 is 1.12 bits per heavy atom. The molecule has 0 saturated carbocycles. The van der Waals surface area contributed by atoms with Crippen molar-refractivity contribution in [2.24, 2.45) is 0 Å². The number of rotatable bonds is 7. The van der Waals surface area contributed by atoms with E-state index in [1.165, 1.54) is 4.31 Å². The highest BCUT2D eigenvalue weighted by Gasteiger charge is 2.23. The monoisotopic (exact) mass is 401 g/mol. The third-order valence-corrected chi connectivity index (χ3v) is 7.32. The van der Waals surface area contributed by atoms with Gasteiger partial charge in [0.2, 0.25) is 0 Å². The van der Waals surface area contributed by atoms with Crippen molar-refractivity contribution >= 4 is 44.7 Å². The van der Waals surface area contributed by atoms with Crippen LogP contribution in [0.25, 0.3) is 0 Å². The summed E-state index contributed by atoms with van der Waals surface area (Å²) in [5.41, 5.74) is 0.623. The van der Waals surface area contributed by atoms with Gasteiger partial charge in [0.1, 0.15) is 4.21 Å². The number of carbonyl (C=O) groups excluding carboxylic acids is 1. The van der Waals surface area contributed by atoms with E-state index in [2.05, 4.69) is 10.6 Å². The van der Waals surface area contributed by atoms with Crippen molar-refractivity contribution in [2.45, 2.75) is 24.6 Å². The lowest BCUT2D eigenvalue weighted by molar-refractivity contribution is 0.252. The minimum atomic E-state index is -3.46. The predicted octanol–water partition coefficient (Wildman–Crippen LogP) is 3.75. The van der Waals surface area contributed by atoms with Crippen LogP contribution < -0.4 is 10.6 Å². The highest BCUT2D eigenvalue weighted by molar-refractivity contribution is 7.91. The van der Waals surface area contributed by atoms with Crippen molar-refractivity contribution in [1.82, 2.24) is 9.62 Å². The van der Waals surface area contributed by atoms with E-state index in [-0.39, 0.29) is 16.8 Å². The maximum Gasteiger partial charge on any atom is 0.319 e. The molecule has 1 aromatic heterocycles. The average Bonchev–Trinajstić information content (AvgIpc) is 3.06. The van der Waals surface area contributed by atoms with Gasteiger partial charge in [0.05, 0.1) is 6.54 Å². The van der Waals surface area contributed by atoms with Crippen LogP contribution in [0.4, 0.5) is 10.5 Å². The maximum atomic E-state index is 12.4. The molecule has 0 saturated heterocycles. The first-order valence-electron chi connectivity index (χ1n) is 7.76. The molecule has 9 heteroatoms. The normalized spacial score (nSPS) is 11.5. The number of sulfonamides is 1. The van der Waals surface area contributed by atoms with Crippen LogP contribution in [0.15, 0.2) is 40.6 Å². The van der Waals surface area contributed by atoms with Crippen LogP contribution >= 0.6 is 22.9 Å². The smallest absolute Gasteiger partial charge is 0.319 e. The number of hydrogen-bond acceptors (Lipinski definition) is 4. The van der Waals surface area contributed by atoms with E-state index in [1.807, 2.05) is 0 Å². The van der Waals surface area contributed by atoms with Gasteiger partial charge >= 0.3 is 6.03 Å². The van der Waals surface area contributed by atoms with Crippen molar-refractivity contribution < 1.29 is 13.2 Å². The van der Waals surface area contributed by atoms with Gasteiger partial charge in [-0.3, -0.25) is 0 Å². The number of nitrogens with zero attached hydrogens (tertiary/aromatic N) is 1. The van der Waals surface area contributed by atoms with Crippen LogP contribution in [-0.2, 0) is 16.6 Å². The number of nitrogens with one attached hydrogen (secondary N) is 2. The van der Waals surface area contributed by atoms with E-state index in [9.17, 15) is 13.2 Å². The summed E-state index contributed by atoms with van der Waals surface area (Å²) >= 11 is 6.95. The highest BCUT2D eigenvalue weighted by atomic mass is 35.5. The van der Waals surface area contributed by atoms with E-state index in [0.717, 1.165) is 16.2 Å². The molecule has 0 aliphatic rings. The summed E-state index contributed by atoms with van der Waals surface area (Å²) in [5, 5.41) is 5.97. The molecule has 2 aromatic rings. The molecule has 136 valence electrons. The number of amides is 2. The summed E-state index contributed by atoms with van der Waals surface area (Å²) in [5.74, 6) is 0. The molecule has 0 unspecified atom stereocenters. The van der Waals surface area contributed by atoms with E-state index in [4.69, 9.17) is 11.6 Å². The van der Waals surface area contributed by atoms with Crippen molar-refractivity contribution in [3.05, 3.63) is 46.3 Å². The van der Waals surface area contributed by atoms with Crippen molar-refractivity contribution in [1.29, 1.82) is 0 Å². The van der Waals surface area contributed by atoms with Crippen LogP contribution in [0.5, 0.6) is 0 Å². The van der Waals surface area contributed by atoms with Crippen LogP contribution in [0.2, 0.25) is 5.02 Å². The van der Waals surface area contributed by atoms with Gasteiger partial charge in [-0.25, -0.2) is 13.2 Å². The summed E-state index contributed by atoms with van der Waals surface area (Å²) in [4.78, 5) is 12.7. The van der Waals surface area contributed by atoms with Gasteiger partial charge in [0.25, 0.3) is 10.0 Å².